The molecule has 0 amide bonds. The van der Waals surface area contributed by atoms with E-state index < -0.39 is 0 Å². The van der Waals surface area contributed by atoms with Crippen LogP contribution in [0, 0.1) is 6.92 Å². The first-order chi connectivity index (χ1) is 10.2. The van der Waals surface area contributed by atoms with Crippen molar-refractivity contribution in [3.8, 4) is 0 Å². The SMILES string of the molecule is Cc1ccccc1N(C)c1ncc(CN)c2ccccc12. The van der Waals surface area contributed by atoms with Gasteiger partial charge in [0.1, 0.15) is 5.82 Å². The fourth-order valence-electron chi connectivity index (χ4n) is 2.72. The molecule has 0 saturated heterocycles. The Morgan fingerprint density at radius 2 is 1.67 bits per heavy atom. The van der Waals surface area contributed by atoms with Crippen LogP contribution in [0.4, 0.5) is 11.5 Å². The number of fused-ring (bicyclic) bond motifs is 1. The van der Waals surface area contributed by atoms with E-state index in [1.165, 1.54) is 10.9 Å². The second kappa shape index (κ2) is 5.54. The van der Waals surface area contributed by atoms with Gasteiger partial charge in [-0.1, -0.05) is 42.5 Å². The van der Waals surface area contributed by atoms with Gasteiger partial charge in [0.25, 0.3) is 0 Å². The van der Waals surface area contributed by atoms with Crippen molar-refractivity contribution in [3.63, 3.8) is 0 Å². The van der Waals surface area contributed by atoms with Gasteiger partial charge < -0.3 is 10.6 Å². The van der Waals surface area contributed by atoms with Crippen LogP contribution in [-0.4, -0.2) is 12.0 Å². The summed E-state index contributed by atoms with van der Waals surface area (Å²) >= 11 is 0. The third-order valence-corrected chi connectivity index (χ3v) is 3.87. The lowest BCUT2D eigenvalue weighted by Crippen LogP contribution is -2.13. The smallest absolute Gasteiger partial charge is 0.140 e. The summed E-state index contributed by atoms with van der Waals surface area (Å²) in [6.45, 7) is 2.62. The van der Waals surface area contributed by atoms with Crippen LogP contribution in [0.25, 0.3) is 10.8 Å². The summed E-state index contributed by atoms with van der Waals surface area (Å²) in [5.41, 5.74) is 9.29. The Morgan fingerprint density at radius 3 is 2.38 bits per heavy atom. The number of anilines is 2. The highest BCUT2D eigenvalue weighted by molar-refractivity contribution is 5.96. The topological polar surface area (TPSA) is 42.2 Å². The molecule has 1 heterocycles. The molecule has 0 spiro atoms. The first kappa shape index (κ1) is 13.6. The average molecular weight is 277 g/mol. The van der Waals surface area contributed by atoms with E-state index in [0.717, 1.165) is 22.5 Å². The molecule has 3 rings (SSSR count). The molecule has 21 heavy (non-hydrogen) atoms. The van der Waals surface area contributed by atoms with Gasteiger partial charge in [-0.25, -0.2) is 4.98 Å². The number of pyridine rings is 1. The zero-order chi connectivity index (χ0) is 14.8. The normalized spacial score (nSPS) is 10.8. The number of benzene rings is 2. The Morgan fingerprint density at radius 1 is 1.00 bits per heavy atom. The zero-order valence-electron chi connectivity index (χ0n) is 12.4. The van der Waals surface area contributed by atoms with E-state index in [1.54, 1.807) is 0 Å². The van der Waals surface area contributed by atoms with Gasteiger partial charge in [-0.05, 0) is 29.5 Å². The third kappa shape index (κ3) is 2.36. The van der Waals surface area contributed by atoms with Crippen molar-refractivity contribution in [1.29, 1.82) is 0 Å². The van der Waals surface area contributed by atoms with Crippen LogP contribution in [0.3, 0.4) is 0 Å². The van der Waals surface area contributed by atoms with E-state index in [4.69, 9.17) is 5.73 Å². The van der Waals surface area contributed by atoms with E-state index in [1.807, 2.05) is 18.3 Å². The number of aryl methyl sites for hydroxylation is 1. The van der Waals surface area contributed by atoms with Crippen LogP contribution in [0.5, 0.6) is 0 Å². The Labute approximate surface area is 125 Å². The number of hydrogen-bond donors (Lipinski definition) is 1. The molecule has 0 aliphatic heterocycles. The van der Waals surface area contributed by atoms with Gasteiger partial charge in [-0.3, -0.25) is 0 Å². The fraction of sp³-hybridized carbons (Fsp3) is 0.167. The van der Waals surface area contributed by atoms with Gasteiger partial charge in [0.2, 0.25) is 0 Å². The highest BCUT2D eigenvalue weighted by atomic mass is 15.2. The lowest BCUT2D eigenvalue weighted by atomic mass is 10.1. The van der Waals surface area contributed by atoms with Crippen molar-refractivity contribution in [2.75, 3.05) is 11.9 Å². The molecular formula is C18H19N3. The molecule has 3 aromatic rings. The summed E-state index contributed by atoms with van der Waals surface area (Å²) in [4.78, 5) is 6.78. The molecule has 3 nitrogen and oxygen atoms in total. The summed E-state index contributed by atoms with van der Waals surface area (Å²) in [6, 6.07) is 16.6. The molecular weight excluding hydrogens is 258 g/mol. The van der Waals surface area contributed by atoms with Gasteiger partial charge in [0.05, 0.1) is 0 Å². The van der Waals surface area contributed by atoms with Gasteiger partial charge in [-0.15, -0.1) is 0 Å². The van der Waals surface area contributed by atoms with Crippen molar-refractivity contribution >= 4 is 22.3 Å². The Balaban J connectivity index is 2.19. The average Bonchev–Trinajstić information content (AvgIpc) is 2.53. The first-order valence-electron chi connectivity index (χ1n) is 7.08. The van der Waals surface area contributed by atoms with Crippen LogP contribution in [0.15, 0.2) is 54.7 Å². The van der Waals surface area contributed by atoms with Gasteiger partial charge >= 0.3 is 0 Å². The maximum atomic E-state index is 5.82. The Bertz CT molecular complexity index is 780. The molecule has 106 valence electrons. The van der Waals surface area contributed by atoms with Crippen molar-refractivity contribution < 1.29 is 0 Å². The van der Waals surface area contributed by atoms with Crippen molar-refractivity contribution in [2.45, 2.75) is 13.5 Å². The monoisotopic (exact) mass is 277 g/mol. The van der Waals surface area contributed by atoms with Crippen LogP contribution < -0.4 is 10.6 Å². The van der Waals surface area contributed by atoms with Crippen molar-refractivity contribution in [2.24, 2.45) is 5.73 Å². The van der Waals surface area contributed by atoms with Crippen LogP contribution in [0.2, 0.25) is 0 Å². The minimum Gasteiger partial charge on any atom is -0.329 e. The van der Waals surface area contributed by atoms with Crippen LogP contribution in [-0.2, 0) is 6.54 Å². The quantitative estimate of drug-likeness (QED) is 0.792. The Kier molecular flexibility index (Phi) is 3.59. The summed E-state index contributed by atoms with van der Waals surface area (Å²) in [5, 5.41) is 2.30. The maximum absolute atomic E-state index is 5.82. The number of nitrogens with zero attached hydrogens (tertiary/aromatic N) is 2. The van der Waals surface area contributed by atoms with E-state index in [-0.39, 0.29) is 0 Å². The lowest BCUT2D eigenvalue weighted by Gasteiger charge is -2.22. The van der Waals surface area contributed by atoms with Crippen molar-refractivity contribution in [3.05, 3.63) is 65.9 Å². The van der Waals surface area contributed by atoms with E-state index in [2.05, 4.69) is 60.3 Å². The standard InChI is InChI=1S/C18H19N3/c1-13-7-3-6-10-17(13)21(2)18-16-9-5-4-8-15(16)14(11-19)12-20-18/h3-10,12H,11,19H2,1-2H3. The molecule has 0 aliphatic carbocycles. The summed E-state index contributed by atoms with van der Waals surface area (Å²) < 4.78 is 0. The number of nitrogens with two attached hydrogens (primary N) is 1. The number of aromatic nitrogens is 1. The van der Waals surface area contributed by atoms with E-state index in [9.17, 15) is 0 Å². The number of hydrogen-bond acceptors (Lipinski definition) is 3. The molecule has 0 saturated carbocycles. The first-order valence-corrected chi connectivity index (χ1v) is 7.08. The molecule has 0 unspecified atom stereocenters. The molecule has 0 atom stereocenters. The molecule has 0 aliphatic rings. The summed E-state index contributed by atoms with van der Waals surface area (Å²) in [6.07, 6.45) is 1.88. The van der Waals surface area contributed by atoms with Gasteiger partial charge in [0, 0.05) is 30.9 Å². The minimum absolute atomic E-state index is 0.502. The highest BCUT2D eigenvalue weighted by Crippen LogP contribution is 2.32. The van der Waals surface area contributed by atoms with Gasteiger partial charge in [-0.2, -0.15) is 0 Å². The number of rotatable bonds is 3. The summed E-state index contributed by atoms with van der Waals surface area (Å²) in [5.74, 6) is 0.956. The second-order valence-electron chi connectivity index (χ2n) is 5.20. The largest absolute Gasteiger partial charge is 0.329 e. The predicted molar refractivity (Wildman–Crippen MR) is 88.9 cm³/mol. The zero-order valence-corrected chi connectivity index (χ0v) is 12.4. The minimum atomic E-state index is 0.502. The predicted octanol–water partition coefficient (Wildman–Crippen LogP) is 3.77. The van der Waals surface area contributed by atoms with E-state index in [0.29, 0.717) is 6.54 Å². The molecule has 3 heteroatoms. The Hall–Kier alpha value is -2.39. The molecule has 2 N–H and O–H groups in total. The molecule has 1 aromatic heterocycles. The summed E-state index contributed by atoms with van der Waals surface area (Å²) in [7, 11) is 2.05. The van der Waals surface area contributed by atoms with Crippen molar-refractivity contribution in [1.82, 2.24) is 4.98 Å². The molecule has 2 aromatic carbocycles. The lowest BCUT2D eigenvalue weighted by molar-refractivity contribution is 1.05. The molecule has 0 bridgehead atoms. The highest BCUT2D eigenvalue weighted by Gasteiger charge is 2.12. The molecule has 0 radical (unpaired) electrons. The number of para-hydroxylation sites is 1. The molecule has 0 fully saturated rings. The fourth-order valence-corrected chi connectivity index (χ4v) is 2.72. The maximum Gasteiger partial charge on any atom is 0.140 e. The second-order valence-corrected chi connectivity index (χ2v) is 5.20. The van der Waals surface area contributed by atoms with Crippen LogP contribution >= 0.6 is 0 Å². The third-order valence-electron chi connectivity index (χ3n) is 3.87. The van der Waals surface area contributed by atoms with E-state index >= 15 is 0 Å². The van der Waals surface area contributed by atoms with Crippen LogP contribution in [0.1, 0.15) is 11.1 Å². The van der Waals surface area contributed by atoms with Gasteiger partial charge in [0.15, 0.2) is 0 Å².